The number of nitro groups is 2. The summed E-state index contributed by atoms with van der Waals surface area (Å²) in [5.41, 5.74) is -2.07. The SMILES string of the molecule is CCOc1cc(C=C(C#N)c2c([N+](=O)[O-])cc(OC)c(OC)c2[N+](=O)[O-])cc(Cl)c1OCC. The van der Waals surface area contributed by atoms with Crippen LogP contribution in [0.3, 0.4) is 0 Å². The highest BCUT2D eigenvalue weighted by atomic mass is 35.5. The first kappa shape index (κ1) is 25.2. The molecule has 12 heteroatoms. The molecule has 0 saturated carbocycles. The monoisotopic (exact) mass is 477 g/mol. The number of rotatable bonds is 10. The molecule has 2 aromatic carbocycles. The van der Waals surface area contributed by atoms with Crippen LogP contribution in [0.4, 0.5) is 11.4 Å². The lowest BCUT2D eigenvalue weighted by Gasteiger charge is -2.14. The van der Waals surface area contributed by atoms with Crippen LogP contribution in [-0.2, 0) is 0 Å². The number of hydrogen-bond donors (Lipinski definition) is 0. The molecule has 0 atom stereocenters. The van der Waals surface area contributed by atoms with Crippen LogP contribution in [0.25, 0.3) is 11.6 Å². The highest BCUT2D eigenvalue weighted by Gasteiger charge is 2.36. The van der Waals surface area contributed by atoms with E-state index in [0.717, 1.165) is 13.2 Å². The van der Waals surface area contributed by atoms with Gasteiger partial charge in [0.2, 0.25) is 5.75 Å². The Morgan fingerprint density at radius 2 is 1.70 bits per heavy atom. The van der Waals surface area contributed by atoms with E-state index < -0.39 is 26.8 Å². The molecule has 0 aliphatic heterocycles. The Kier molecular flexibility index (Phi) is 8.42. The molecule has 0 aromatic heterocycles. The molecule has 33 heavy (non-hydrogen) atoms. The van der Waals surface area contributed by atoms with Crippen molar-refractivity contribution in [2.75, 3.05) is 27.4 Å². The lowest BCUT2D eigenvalue weighted by Crippen LogP contribution is -2.05. The summed E-state index contributed by atoms with van der Waals surface area (Å²) in [6.45, 7) is 4.13. The van der Waals surface area contributed by atoms with Crippen LogP contribution < -0.4 is 18.9 Å². The fourth-order valence-electron chi connectivity index (χ4n) is 3.09. The van der Waals surface area contributed by atoms with Crippen molar-refractivity contribution < 1.29 is 28.8 Å². The van der Waals surface area contributed by atoms with Crippen LogP contribution in [-0.4, -0.2) is 37.3 Å². The average molecular weight is 478 g/mol. The van der Waals surface area contributed by atoms with Crippen LogP contribution in [0, 0.1) is 31.6 Å². The molecule has 0 amide bonds. The number of nitro benzene ring substituents is 2. The summed E-state index contributed by atoms with van der Waals surface area (Å²) in [5.74, 6) is -0.00452. The van der Waals surface area contributed by atoms with Crippen molar-refractivity contribution in [3.8, 4) is 29.1 Å². The van der Waals surface area contributed by atoms with Gasteiger partial charge >= 0.3 is 5.69 Å². The predicted molar refractivity (Wildman–Crippen MR) is 120 cm³/mol. The fraction of sp³-hybridized carbons (Fsp3) is 0.286. The van der Waals surface area contributed by atoms with Gasteiger partial charge in [-0.25, -0.2) is 0 Å². The largest absolute Gasteiger partial charge is 0.492 e. The van der Waals surface area contributed by atoms with E-state index in [-0.39, 0.29) is 27.8 Å². The first-order valence-electron chi connectivity index (χ1n) is 9.52. The molecule has 174 valence electrons. The predicted octanol–water partition coefficient (Wildman–Crippen LogP) is 5.04. The summed E-state index contributed by atoms with van der Waals surface area (Å²) in [7, 11) is 2.33. The Bertz CT molecular complexity index is 1160. The smallest absolute Gasteiger partial charge is 0.330 e. The minimum absolute atomic E-state index is 0.169. The summed E-state index contributed by atoms with van der Waals surface area (Å²) in [5, 5.41) is 33.6. The van der Waals surface area contributed by atoms with Gasteiger partial charge in [0, 0.05) is 0 Å². The van der Waals surface area contributed by atoms with Gasteiger partial charge in [-0.1, -0.05) is 11.6 Å². The number of nitriles is 1. The molecule has 2 rings (SSSR count). The Hall–Kier alpha value is -4.04. The van der Waals surface area contributed by atoms with Gasteiger partial charge in [-0.2, -0.15) is 5.26 Å². The molecular weight excluding hydrogens is 458 g/mol. The Labute approximate surface area is 194 Å². The maximum atomic E-state index is 11.9. The lowest BCUT2D eigenvalue weighted by molar-refractivity contribution is -0.395. The van der Waals surface area contributed by atoms with E-state index in [1.54, 1.807) is 19.9 Å². The molecule has 0 N–H and O–H groups in total. The van der Waals surface area contributed by atoms with Crippen LogP contribution in [0.5, 0.6) is 23.0 Å². The van der Waals surface area contributed by atoms with Crippen LogP contribution >= 0.6 is 11.6 Å². The standard InChI is InChI=1S/C21H20ClN3O8/c1-5-32-17-9-12(8-14(22)20(17)33-6-2)7-13(11-23)18-15(24(26)27)10-16(30-3)21(31-4)19(18)25(28)29/h7-10H,5-6H2,1-4H3. The van der Waals surface area contributed by atoms with Gasteiger partial charge in [0.15, 0.2) is 22.8 Å². The number of halogens is 1. The van der Waals surface area contributed by atoms with E-state index in [4.69, 9.17) is 30.5 Å². The summed E-state index contributed by atoms with van der Waals surface area (Å²) in [4.78, 5) is 21.9. The summed E-state index contributed by atoms with van der Waals surface area (Å²) < 4.78 is 21.1. The molecule has 0 aliphatic rings. The molecule has 0 unspecified atom stereocenters. The molecule has 0 saturated heterocycles. The van der Waals surface area contributed by atoms with Crippen molar-refractivity contribution in [2.45, 2.75) is 13.8 Å². The van der Waals surface area contributed by atoms with Crippen molar-refractivity contribution in [1.29, 1.82) is 5.26 Å². The van der Waals surface area contributed by atoms with Gasteiger partial charge in [0.05, 0.1) is 53.9 Å². The quantitative estimate of drug-likeness (QED) is 0.198. The van der Waals surface area contributed by atoms with Crippen LogP contribution in [0.2, 0.25) is 5.02 Å². The van der Waals surface area contributed by atoms with E-state index in [2.05, 4.69) is 0 Å². The number of methoxy groups -OCH3 is 2. The van der Waals surface area contributed by atoms with E-state index in [1.165, 1.54) is 25.3 Å². The molecule has 0 spiro atoms. The Morgan fingerprint density at radius 3 is 2.18 bits per heavy atom. The average Bonchev–Trinajstić information content (AvgIpc) is 2.78. The minimum atomic E-state index is -0.869. The highest BCUT2D eigenvalue weighted by molar-refractivity contribution is 6.32. The van der Waals surface area contributed by atoms with Gasteiger partial charge in [-0.3, -0.25) is 20.2 Å². The third-order valence-corrected chi connectivity index (χ3v) is 4.60. The molecule has 2 aromatic rings. The van der Waals surface area contributed by atoms with E-state index in [1.807, 2.05) is 0 Å². The number of benzene rings is 2. The van der Waals surface area contributed by atoms with E-state index in [0.29, 0.717) is 24.5 Å². The minimum Gasteiger partial charge on any atom is -0.492 e. The number of allylic oxidation sites excluding steroid dienone is 1. The second-order valence-corrected chi connectivity index (χ2v) is 6.64. The summed E-state index contributed by atoms with van der Waals surface area (Å²) >= 11 is 6.30. The summed E-state index contributed by atoms with van der Waals surface area (Å²) in [6.07, 6.45) is 1.23. The van der Waals surface area contributed by atoms with Gasteiger partial charge in [-0.05, 0) is 37.6 Å². The Balaban J connectivity index is 2.89. The topological polar surface area (TPSA) is 147 Å². The third kappa shape index (κ3) is 5.24. The zero-order valence-electron chi connectivity index (χ0n) is 18.2. The zero-order valence-corrected chi connectivity index (χ0v) is 19.0. The van der Waals surface area contributed by atoms with Crippen molar-refractivity contribution in [3.05, 3.63) is 54.6 Å². The number of ether oxygens (including phenoxy) is 4. The number of hydrogen-bond acceptors (Lipinski definition) is 9. The second kappa shape index (κ2) is 11.0. The van der Waals surface area contributed by atoms with Gasteiger partial charge in [0.25, 0.3) is 5.69 Å². The van der Waals surface area contributed by atoms with Crippen LogP contribution in [0.15, 0.2) is 18.2 Å². The van der Waals surface area contributed by atoms with Gasteiger partial charge in [-0.15, -0.1) is 0 Å². The first-order valence-corrected chi connectivity index (χ1v) is 9.90. The summed E-state index contributed by atoms with van der Waals surface area (Å²) in [6, 6.07) is 5.72. The molecule has 11 nitrogen and oxygen atoms in total. The maximum absolute atomic E-state index is 11.9. The molecule has 0 heterocycles. The first-order chi connectivity index (χ1) is 15.7. The zero-order chi connectivity index (χ0) is 24.7. The van der Waals surface area contributed by atoms with E-state index in [9.17, 15) is 25.5 Å². The normalized spacial score (nSPS) is 10.8. The van der Waals surface area contributed by atoms with Crippen LogP contribution in [0.1, 0.15) is 25.0 Å². The van der Waals surface area contributed by atoms with Gasteiger partial charge < -0.3 is 18.9 Å². The van der Waals surface area contributed by atoms with Crippen molar-refractivity contribution in [1.82, 2.24) is 0 Å². The number of nitrogens with zero attached hydrogens (tertiary/aromatic N) is 3. The molecule has 0 fully saturated rings. The fourth-order valence-corrected chi connectivity index (χ4v) is 3.37. The van der Waals surface area contributed by atoms with Crippen molar-refractivity contribution >= 4 is 34.6 Å². The molecular formula is C21H20ClN3O8. The van der Waals surface area contributed by atoms with E-state index >= 15 is 0 Å². The molecule has 0 bridgehead atoms. The third-order valence-electron chi connectivity index (χ3n) is 4.32. The maximum Gasteiger partial charge on any atom is 0.330 e. The lowest BCUT2D eigenvalue weighted by atomic mass is 9.98. The second-order valence-electron chi connectivity index (χ2n) is 6.23. The van der Waals surface area contributed by atoms with Crippen molar-refractivity contribution in [3.63, 3.8) is 0 Å². The Morgan fingerprint density at radius 1 is 1.03 bits per heavy atom. The molecule has 0 aliphatic carbocycles. The molecule has 0 radical (unpaired) electrons. The highest BCUT2D eigenvalue weighted by Crippen LogP contribution is 2.48. The van der Waals surface area contributed by atoms with Gasteiger partial charge in [0.1, 0.15) is 6.07 Å². The van der Waals surface area contributed by atoms with Crippen molar-refractivity contribution in [2.24, 2.45) is 0 Å².